The summed E-state index contributed by atoms with van der Waals surface area (Å²) < 4.78 is 15.5. The zero-order valence-corrected chi connectivity index (χ0v) is 10.6. The number of benzene rings is 1. The summed E-state index contributed by atoms with van der Waals surface area (Å²) in [5, 5.41) is 0. The second-order valence-corrected chi connectivity index (χ2v) is 3.69. The summed E-state index contributed by atoms with van der Waals surface area (Å²) in [5.74, 6) is 0.779. The molecule has 0 saturated carbocycles. The van der Waals surface area contributed by atoms with Gasteiger partial charge in [-0.25, -0.2) is 4.79 Å². The Morgan fingerprint density at radius 2 is 2.00 bits per heavy atom. The lowest BCUT2D eigenvalue weighted by molar-refractivity contribution is 0.0600. The molecule has 94 valence electrons. The molecule has 0 amide bonds. The van der Waals surface area contributed by atoms with Gasteiger partial charge in [0.25, 0.3) is 0 Å². The van der Waals surface area contributed by atoms with Crippen molar-refractivity contribution in [3.63, 3.8) is 0 Å². The lowest BCUT2D eigenvalue weighted by atomic mass is 10.2. The molecular weight excluding hydrogens is 220 g/mol. The summed E-state index contributed by atoms with van der Waals surface area (Å²) in [5.41, 5.74) is 0.445. The van der Waals surface area contributed by atoms with E-state index >= 15 is 0 Å². The summed E-state index contributed by atoms with van der Waals surface area (Å²) >= 11 is 0. The minimum Gasteiger partial charge on any atom is -0.493 e. The Morgan fingerprint density at radius 3 is 2.53 bits per heavy atom. The van der Waals surface area contributed by atoms with Gasteiger partial charge in [0.1, 0.15) is 0 Å². The molecule has 0 aliphatic carbocycles. The first-order valence-corrected chi connectivity index (χ1v) is 5.55. The number of ether oxygens (including phenoxy) is 3. The van der Waals surface area contributed by atoms with Crippen LogP contribution in [0.1, 0.15) is 30.6 Å². The van der Waals surface area contributed by atoms with Crippen LogP contribution in [0.3, 0.4) is 0 Å². The molecule has 4 heteroatoms. The molecule has 0 aliphatic heterocycles. The van der Waals surface area contributed by atoms with Gasteiger partial charge in [0, 0.05) is 0 Å². The highest BCUT2D eigenvalue weighted by Gasteiger charge is 2.12. The fourth-order valence-electron chi connectivity index (χ4n) is 1.31. The van der Waals surface area contributed by atoms with Gasteiger partial charge in [-0.3, -0.25) is 0 Å². The van der Waals surface area contributed by atoms with Crippen LogP contribution in [0.4, 0.5) is 0 Å². The van der Waals surface area contributed by atoms with Crippen LogP contribution >= 0.6 is 0 Å². The van der Waals surface area contributed by atoms with E-state index in [1.54, 1.807) is 25.3 Å². The SMILES string of the molecule is CCC(C)Oc1ccc(C(=O)OC)cc1OC. The van der Waals surface area contributed by atoms with Crippen molar-refractivity contribution in [2.75, 3.05) is 14.2 Å². The number of hydrogen-bond donors (Lipinski definition) is 0. The predicted molar refractivity (Wildman–Crippen MR) is 64.7 cm³/mol. The van der Waals surface area contributed by atoms with Crippen LogP contribution in [0.25, 0.3) is 0 Å². The zero-order valence-electron chi connectivity index (χ0n) is 10.6. The Kier molecular flexibility index (Phi) is 4.82. The number of esters is 1. The van der Waals surface area contributed by atoms with E-state index in [-0.39, 0.29) is 6.10 Å². The maximum Gasteiger partial charge on any atom is 0.337 e. The molecule has 1 aromatic carbocycles. The second kappa shape index (κ2) is 6.13. The molecule has 0 fully saturated rings. The first kappa shape index (κ1) is 13.4. The minimum absolute atomic E-state index is 0.105. The Labute approximate surface area is 101 Å². The molecular formula is C13H18O4. The smallest absolute Gasteiger partial charge is 0.337 e. The van der Waals surface area contributed by atoms with E-state index in [4.69, 9.17) is 9.47 Å². The van der Waals surface area contributed by atoms with Crippen molar-refractivity contribution in [1.82, 2.24) is 0 Å². The van der Waals surface area contributed by atoms with Gasteiger partial charge in [-0.15, -0.1) is 0 Å². The first-order chi connectivity index (χ1) is 8.12. The fraction of sp³-hybridized carbons (Fsp3) is 0.462. The van der Waals surface area contributed by atoms with Crippen molar-refractivity contribution in [1.29, 1.82) is 0 Å². The van der Waals surface area contributed by atoms with Crippen molar-refractivity contribution in [3.8, 4) is 11.5 Å². The van der Waals surface area contributed by atoms with E-state index in [1.807, 2.05) is 13.8 Å². The number of methoxy groups -OCH3 is 2. The van der Waals surface area contributed by atoms with E-state index in [0.29, 0.717) is 17.1 Å². The summed E-state index contributed by atoms with van der Waals surface area (Å²) in [6, 6.07) is 4.99. The largest absolute Gasteiger partial charge is 0.493 e. The zero-order chi connectivity index (χ0) is 12.8. The molecule has 1 unspecified atom stereocenters. The average Bonchev–Trinajstić information content (AvgIpc) is 2.37. The number of carbonyl (C=O) groups is 1. The molecule has 0 radical (unpaired) electrons. The highest BCUT2D eigenvalue weighted by molar-refractivity contribution is 5.90. The molecule has 0 bridgehead atoms. The van der Waals surface area contributed by atoms with Crippen molar-refractivity contribution in [2.45, 2.75) is 26.4 Å². The molecule has 4 nitrogen and oxygen atoms in total. The van der Waals surface area contributed by atoms with Crippen LogP contribution < -0.4 is 9.47 Å². The van der Waals surface area contributed by atoms with Crippen molar-refractivity contribution in [2.24, 2.45) is 0 Å². The van der Waals surface area contributed by atoms with Crippen LogP contribution in [0.5, 0.6) is 11.5 Å². The van der Waals surface area contributed by atoms with E-state index in [0.717, 1.165) is 6.42 Å². The van der Waals surface area contributed by atoms with Crippen LogP contribution in [-0.2, 0) is 4.74 Å². The van der Waals surface area contributed by atoms with E-state index in [2.05, 4.69) is 4.74 Å². The predicted octanol–water partition coefficient (Wildman–Crippen LogP) is 2.66. The summed E-state index contributed by atoms with van der Waals surface area (Å²) in [6.07, 6.45) is 1.01. The van der Waals surface area contributed by atoms with Crippen LogP contribution in [0.2, 0.25) is 0 Å². The summed E-state index contributed by atoms with van der Waals surface area (Å²) in [4.78, 5) is 11.4. The first-order valence-electron chi connectivity index (χ1n) is 5.55. The molecule has 0 spiro atoms. The molecule has 17 heavy (non-hydrogen) atoms. The Balaban J connectivity index is 2.97. The molecule has 1 aromatic rings. The summed E-state index contributed by atoms with van der Waals surface area (Å²) in [6.45, 7) is 4.02. The van der Waals surface area contributed by atoms with Crippen LogP contribution in [0.15, 0.2) is 18.2 Å². The molecule has 0 saturated heterocycles. The van der Waals surface area contributed by atoms with Crippen LogP contribution in [-0.4, -0.2) is 26.3 Å². The molecule has 0 N–H and O–H groups in total. The lowest BCUT2D eigenvalue weighted by Crippen LogP contribution is -2.11. The van der Waals surface area contributed by atoms with Crippen LogP contribution in [0, 0.1) is 0 Å². The highest BCUT2D eigenvalue weighted by Crippen LogP contribution is 2.29. The minimum atomic E-state index is -0.390. The van der Waals surface area contributed by atoms with Gasteiger partial charge in [-0.2, -0.15) is 0 Å². The van der Waals surface area contributed by atoms with E-state index in [9.17, 15) is 4.79 Å². The van der Waals surface area contributed by atoms with Gasteiger partial charge in [0.15, 0.2) is 11.5 Å². The molecule has 0 aromatic heterocycles. The van der Waals surface area contributed by atoms with Gasteiger partial charge in [-0.1, -0.05) is 6.92 Å². The molecule has 0 heterocycles. The monoisotopic (exact) mass is 238 g/mol. The van der Waals surface area contributed by atoms with Gasteiger partial charge in [0.2, 0.25) is 0 Å². The van der Waals surface area contributed by atoms with Gasteiger partial charge >= 0.3 is 5.97 Å². The summed E-state index contributed by atoms with van der Waals surface area (Å²) in [7, 11) is 2.89. The number of rotatable bonds is 5. The maximum atomic E-state index is 11.4. The molecule has 1 rings (SSSR count). The maximum absolute atomic E-state index is 11.4. The molecule has 1 atom stereocenters. The lowest BCUT2D eigenvalue weighted by Gasteiger charge is -2.15. The van der Waals surface area contributed by atoms with E-state index in [1.165, 1.54) is 7.11 Å². The topological polar surface area (TPSA) is 44.8 Å². The van der Waals surface area contributed by atoms with Gasteiger partial charge in [-0.05, 0) is 31.5 Å². The second-order valence-electron chi connectivity index (χ2n) is 3.69. The van der Waals surface area contributed by atoms with Crippen molar-refractivity contribution >= 4 is 5.97 Å². The average molecular weight is 238 g/mol. The quantitative estimate of drug-likeness (QED) is 0.740. The van der Waals surface area contributed by atoms with Gasteiger partial charge < -0.3 is 14.2 Å². The Hall–Kier alpha value is -1.71. The Morgan fingerprint density at radius 1 is 1.29 bits per heavy atom. The third-order valence-electron chi connectivity index (χ3n) is 2.49. The third-order valence-corrected chi connectivity index (χ3v) is 2.49. The third kappa shape index (κ3) is 3.37. The number of hydrogen-bond acceptors (Lipinski definition) is 4. The van der Waals surface area contributed by atoms with E-state index < -0.39 is 5.97 Å². The standard InChI is InChI=1S/C13H18O4/c1-5-9(2)17-11-7-6-10(13(14)16-4)8-12(11)15-3/h6-9H,5H2,1-4H3. The number of carbonyl (C=O) groups excluding carboxylic acids is 1. The van der Waals surface area contributed by atoms with Gasteiger partial charge in [0.05, 0.1) is 25.9 Å². The Bertz CT molecular complexity index is 387. The van der Waals surface area contributed by atoms with Crippen molar-refractivity contribution in [3.05, 3.63) is 23.8 Å². The molecule has 0 aliphatic rings. The van der Waals surface area contributed by atoms with Crippen molar-refractivity contribution < 1.29 is 19.0 Å². The normalized spacial score (nSPS) is 11.8. The fourth-order valence-corrected chi connectivity index (χ4v) is 1.31. The highest BCUT2D eigenvalue weighted by atomic mass is 16.5.